The van der Waals surface area contributed by atoms with Crippen LogP contribution in [-0.2, 0) is 4.74 Å². The summed E-state index contributed by atoms with van der Waals surface area (Å²) in [5.41, 5.74) is 2.15. The number of hydrogen-bond acceptors (Lipinski definition) is 6. The second-order valence-corrected chi connectivity index (χ2v) is 6.11. The molecule has 7 nitrogen and oxygen atoms in total. The van der Waals surface area contributed by atoms with Gasteiger partial charge in [0.25, 0.3) is 5.91 Å². The van der Waals surface area contributed by atoms with Crippen LogP contribution in [0.25, 0.3) is 11.0 Å². The molecule has 2 heterocycles. The third-order valence-corrected chi connectivity index (χ3v) is 4.67. The Morgan fingerprint density at radius 2 is 2.04 bits per heavy atom. The molecule has 2 aromatic rings. The molecule has 2 amide bonds. The smallest absolute Gasteiger partial charge is 0.409 e. The van der Waals surface area contributed by atoms with Crippen molar-refractivity contribution < 1.29 is 14.3 Å². The largest absolute Gasteiger partial charge is 0.453 e. The fourth-order valence-electron chi connectivity index (χ4n) is 2.71. The molecule has 8 heteroatoms. The summed E-state index contributed by atoms with van der Waals surface area (Å²) >= 11 is 1.14. The van der Waals surface area contributed by atoms with E-state index >= 15 is 0 Å². The SMILES string of the molecule is COC(=O)N1CCC(CNC(=O)c2ccc3nsnc3c2)CC1. The van der Waals surface area contributed by atoms with Crippen LogP contribution < -0.4 is 5.32 Å². The Balaban J connectivity index is 1.50. The molecule has 0 bridgehead atoms. The van der Waals surface area contributed by atoms with E-state index in [1.54, 1.807) is 17.0 Å². The van der Waals surface area contributed by atoms with Gasteiger partial charge < -0.3 is 15.0 Å². The van der Waals surface area contributed by atoms with Gasteiger partial charge in [-0.15, -0.1) is 0 Å². The number of amides is 2. The van der Waals surface area contributed by atoms with E-state index in [1.165, 1.54) is 7.11 Å². The zero-order valence-corrected chi connectivity index (χ0v) is 13.6. The fourth-order valence-corrected chi connectivity index (χ4v) is 3.23. The number of nitrogens with one attached hydrogen (secondary N) is 1. The van der Waals surface area contributed by atoms with E-state index in [0.29, 0.717) is 31.1 Å². The number of carbonyl (C=O) groups is 2. The molecule has 1 aliphatic heterocycles. The van der Waals surface area contributed by atoms with Crippen molar-refractivity contribution in [2.75, 3.05) is 26.7 Å². The number of ether oxygens (including phenoxy) is 1. The van der Waals surface area contributed by atoms with Crippen LogP contribution in [0.2, 0.25) is 0 Å². The molecule has 0 spiro atoms. The topological polar surface area (TPSA) is 84.4 Å². The van der Waals surface area contributed by atoms with Crippen molar-refractivity contribution in [1.82, 2.24) is 19.0 Å². The van der Waals surface area contributed by atoms with Gasteiger partial charge in [0.15, 0.2) is 0 Å². The Kier molecular flexibility index (Phi) is 4.71. The lowest BCUT2D eigenvalue weighted by molar-refractivity contribution is 0.0914. The summed E-state index contributed by atoms with van der Waals surface area (Å²) in [6.07, 6.45) is 1.45. The number of piperidine rings is 1. The normalized spacial score (nSPS) is 15.6. The number of fused-ring (bicyclic) bond motifs is 1. The quantitative estimate of drug-likeness (QED) is 0.927. The molecule has 1 aromatic heterocycles. The molecule has 0 unspecified atom stereocenters. The number of rotatable bonds is 3. The maximum absolute atomic E-state index is 12.2. The van der Waals surface area contributed by atoms with Crippen LogP contribution in [0.5, 0.6) is 0 Å². The predicted octanol–water partition coefficient (Wildman–Crippen LogP) is 1.90. The Morgan fingerprint density at radius 3 is 2.78 bits per heavy atom. The highest BCUT2D eigenvalue weighted by Crippen LogP contribution is 2.18. The zero-order chi connectivity index (χ0) is 16.2. The lowest BCUT2D eigenvalue weighted by Crippen LogP contribution is -2.41. The van der Waals surface area contributed by atoms with Gasteiger partial charge in [-0.1, -0.05) is 0 Å². The number of carbonyl (C=O) groups excluding carboxylic acids is 2. The first-order valence-electron chi connectivity index (χ1n) is 7.51. The van der Waals surface area contributed by atoms with Gasteiger partial charge in [0.2, 0.25) is 0 Å². The van der Waals surface area contributed by atoms with Gasteiger partial charge in [0.1, 0.15) is 11.0 Å². The summed E-state index contributed by atoms with van der Waals surface area (Å²) < 4.78 is 13.0. The molecule has 122 valence electrons. The lowest BCUT2D eigenvalue weighted by atomic mass is 9.97. The number of benzene rings is 1. The van der Waals surface area contributed by atoms with Crippen molar-refractivity contribution in [2.24, 2.45) is 5.92 Å². The first-order valence-corrected chi connectivity index (χ1v) is 8.24. The minimum absolute atomic E-state index is 0.102. The van der Waals surface area contributed by atoms with Crippen molar-refractivity contribution in [2.45, 2.75) is 12.8 Å². The summed E-state index contributed by atoms with van der Waals surface area (Å²) in [5.74, 6) is 0.278. The van der Waals surface area contributed by atoms with E-state index < -0.39 is 0 Å². The Labute approximate surface area is 137 Å². The molecule has 0 radical (unpaired) electrons. The minimum Gasteiger partial charge on any atom is -0.453 e. The molecule has 23 heavy (non-hydrogen) atoms. The van der Waals surface area contributed by atoms with Gasteiger partial charge in [0, 0.05) is 25.2 Å². The molecular formula is C15H18N4O3S. The van der Waals surface area contributed by atoms with Crippen LogP contribution in [0.15, 0.2) is 18.2 Å². The number of likely N-dealkylation sites (tertiary alicyclic amines) is 1. The molecule has 0 saturated carbocycles. The average Bonchev–Trinajstić information content (AvgIpc) is 3.07. The zero-order valence-electron chi connectivity index (χ0n) is 12.8. The van der Waals surface area contributed by atoms with Gasteiger partial charge in [0.05, 0.1) is 18.8 Å². The summed E-state index contributed by atoms with van der Waals surface area (Å²) in [6, 6.07) is 5.33. The highest BCUT2D eigenvalue weighted by Gasteiger charge is 2.23. The van der Waals surface area contributed by atoms with Gasteiger partial charge in [-0.05, 0) is 37.0 Å². The molecule has 0 atom stereocenters. The standard InChI is InChI=1S/C15H18N4O3S/c1-22-15(21)19-6-4-10(5-7-19)9-16-14(20)11-2-3-12-13(8-11)18-23-17-12/h2-3,8,10H,4-7,9H2,1H3,(H,16,20). The Bertz CT molecular complexity index is 710. The van der Waals surface area contributed by atoms with E-state index in [4.69, 9.17) is 4.74 Å². The van der Waals surface area contributed by atoms with Crippen LogP contribution in [0.1, 0.15) is 23.2 Å². The summed E-state index contributed by atoms with van der Waals surface area (Å²) in [5, 5.41) is 2.97. The maximum Gasteiger partial charge on any atom is 0.409 e. The molecule has 1 N–H and O–H groups in total. The van der Waals surface area contributed by atoms with Crippen molar-refractivity contribution in [1.29, 1.82) is 0 Å². The first kappa shape index (κ1) is 15.7. The molecule has 1 aliphatic rings. The van der Waals surface area contributed by atoms with E-state index in [0.717, 1.165) is 35.6 Å². The van der Waals surface area contributed by atoms with Crippen molar-refractivity contribution in [3.8, 4) is 0 Å². The van der Waals surface area contributed by atoms with Crippen LogP contribution in [-0.4, -0.2) is 52.4 Å². The third kappa shape index (κ3) is 3.58. The van der Waals surface area contributed by atoms with E-state index in [2.05, 4.69) is 14.1 Å². The summed E-state index contributed by atoms with van der Waals surface area (Å²) in [7, 11) is 1.39. The molecule has 1 aromatic carbocycles. The minimum atomic E-state index is -0.280. The number of hydrogen-bond donors (Lipinski definition) is 1. The van der Waals surface area contributed by atoms with Crippen LogP contribution in [0.3, 0.4) is 0 Å². The predicted molar refractivity (Wildman–Crippen MR) is 86.5 cm³/mol. The van der Waals surface area contributed by atoms with Gasteiger partial charge in [-0.25, -0.2) is 4.79 Å². The Morgan fingerprint density at radius 1 is 1.30 bits per heavy atom. The van der Waals surface area contributed by atoms with Gasteiger partial charge in [-0.2, -0.15) is 8.75 Å². The van der Waals surface area contributed by atoms with Crippen LogP contribution >= 0.6 is 11.7 Å². The lowest BCUT2D eigenvalue weighted by Gasteiger charge is -2.30. The molecule has 1 fully saturated rings. The van der Waals surface area contributed by atoms with Crippen molar-refractivity contribution >= 4 is 34.8 Å². The van der Waals surface area contributed by atoms with E-state index in [-0.39, 0.29) is 12.0 Å². The molecular weight excluding hydrogens is 316 g/mol. The third-order valence-electron chi connectivity index (χ3n) is 4.11. The molecule has 3 rings (SSSR count). The Hall–Kier alpha value is -2.22. The molecule has 1 saturated heterocycles. The van der Waals surface area contributed by atoms with Crippen LogP contribution in [0.4, 0.5) is 4.79 Å². The average molecular weight is 334 g/mol. The monoisotopic (exact) mass is 334 g/mol. The van der Waals surface area contributed by atoms with Gasteiger partial charge in [-0.3, -0.25) is 4.79 Å². The van der Waals surface area contributed by atoms with Crippen molar-refractivity contribution in [3.63, 3.8) is 0 Å². The first-order chi connectivity index (χ1) is 11.2. The highest BCUT2D eigenvalue weighted by molar-refractivity contribution is 7.00. The second kappa shape index (κ2) is 6.91. The van der Waals surface area contributed by atoms with E-state index in [1.807, 2.05) is 6.07 Å². The van der Waals surface area contributed by atoms with Gasteiger partial charge >= 0.3 is 6.09 Å². The number of aromatic nitrogens is 2. The second-order valence-electron chi connectivity index (χ2n) is 5.58. The highest BCUT2D eigenvalue weighted by atomic mass is 32.1. The van der Waals surface area contributed by atoms with Crippen LogP contribution in [0, 0.1) is 5.92 Å². The fraction of sp³-hybridized carbons (Fsp3) is 0.467. The summed E-state index contributed by atoms with van der Waals surface area (Å²) in [6.45, 7) is 1.95. The molecule has 0 aliphatic carbocycles. The number of nitrogens with zero attached hydrogens (tertiary/aromatic N) is 3. The number of methoxy groups -OCH3 is 1. The van der Waals surface area contributed by atoms with Crippen molar-refractivity contribution in [3.05, 3.63) is 23.8 Å². The maximum atomic E-state index is 12.2. The van der Waals surface area contributed by atoms with E-state index in [9.17, 15) is 9.59 Å². The summed E-state index contributed by atoms with van der Waals surface area (Å²) in [4.78, 5) is 25.4.